The molecule has 2 aromatic rings. The molecule has 1 aromatic carbocycles. The molecule has 0 spiro atoms. The summed E-state index contributed by atoms with van der Waals surface area (Å²) in [6, 6.07) is 6.88. The van der Waals surface area contributed by atoms with E-state index in [1.165, 1.54) is 6.07 Å². The quantitative estimate of drug-likeness (QED) is 0.890. The molecule has 18 heavy (non-hydrogen) atoms. The van der Waals surface area contributed by atoms with Gasteiger partial charge in [0.2, 0.25) is 0 Å². The molecule has 0 radical (unpaired) electrons. The number of aromatic nitrogens is 1. The third kappa shape index (κ3) is 2.81. The van der Waals surface area contributed by atoms with Gasteiger partial charge in [-0.3, -0.25) is 0 Å². The number of nitrogens with one attached hydrogen (secondary N) is 1. The van der Waals surface area contributed by atoms with Gasteiger partial charge in [-0.25, -0.2) is 4.79 Å². The molecule has 0 amide bonds. The number of hydrogen-bond donors (Lipinski definition) is 2. The second kappa shape index (κ2) is 5.10. The van der Waals surface area contributed by atoms with Crippen LogP contribution in [0.2, 0.25) is 5.02 Å². The molecule has 1 aromatic heterocycles. The zero-order chi connectivity index (χ0) is 13.1. The Labute approximate surface area is 108 Å². The van der Waals surface area contributed by atoms with Crippen LogP contribution in [0.3, 0.4) is 0 Å². The molecule has 2 N–H and O–H groups in total. The van der Waals surface area contributed by atoms with Gasteiger partial charge in [-0.1, -0.05) is 22.8 Å². The first-order valence-corrected chi connectivity index (χ1v) is 5.63. The molecule has 1 heterocycles. The van der Waals surface area contributed by atoms with Crippen LogP contribution in [0.25, 0.3) is 0 Å². The van der Waals surface area contributed by atoms with Gasteiger partial charge in [0.05, 0.1) is 6.54 Å². The van der Waals surface area contributed by atoms with Crippen molar-refractivity contribution in [3.8, 4) is 0 Å². The van der Waals surface area contributed by atoms with Crippen molar-refractivity contribution in [2.45, 2.75) is 13.5 Å². The molecule has 2 rings (SSSR count). The third-order valence-corrected chi connectivity index (χ3v) is 2.67. The molecule has 0 aliphatic heterocycles. The zero-order valence-electron chi connectivity index (χ0n) is 9.61. The van der Waals surface area contributed by atoms with Crippen molar-refractivity contribution < 1.29 is 14.4 Å². The molecular weight excluding hydrogens is 256 g/mol. The number of aromatic carboxylic acids is 1. The van der Waals surface area contributed by atoms with E-state index in [1.54, 1.807) is 12.1 Å². The number of anilines is 1. The van der Waals surface area contributed by atoms with Gasteiger partial charge in [0, 0.05) is 16.8 Å². The number of halogens is 1. The Kier molecular flexibility index (Phi) is 3.53. The van der Waals surface area contributed by atoms with Crippen LogP contribution in [-0.4, -0.2) is 16.2 Å². The monoisotopic (exact) mass is 266 g/mol. The molecule has 6 heteroatoms. The van der Waals surface area contributed by atoms with E-state index in [2.05, 4.69) is 10.5 Å². The van der Waals surface area contributed by atoms with E-state index < -0.39 is 5.97 Å². The van der Waals surface area contributed by atoms with Crippen molar-refractivity contribution in [2.75, 3.05) is 5.32 Å². The summed E-state index contributed by atoms with van der Waals surface area (Å²) < 4.78 is 4.89. The predicted octanol–water partition coefficient (Wildman–Crippen LogP) is 2.95. The highest BCUT2D eigenvalue weighted by Crippen LogP contribution is 2.20. The molecule has 0 saturated carbocycles. The summed E-state index contributed by atoms with van der Waals surface area (Å²) in [6.07, 6.45) is 0. The maximum absolute atomic E-state index is 10.6. The second-order valence-corrected chi connectivity index (χ2v) is 4.23. The maximum Gasteiger partial charge on any atom is 0.358 e. The normalized spacial score (nSPS) is 10.3. The SMILES string of the molecule is Cc1ccc(Cl)cc1NCc1cc(C(=O)O)no1. The van der Waals surface area contributed by atoms with E-state index in [9.17, 15) is 4.79 Å². The van der Waals surface area contributed by atoms with E-state index in [0.29, 0.717) is 17.3 Å². The van der Waals surface area contributed by atoms with E-state index in [1.807, 2.05) is 13.0 Å². The number of carbonyl (C=O) groups is 1. The van der Waals surface area contributed by atoms with Crippen molar-refractivity contribution in [2.24, 2.45) is 0 Å². The highest BCUT2D eigenvalue weighted by atomic mass is 35.5. The highest BCUT2D eigenvalue weighted by molar-refractivity contribution is 6.30. The summed E-state index contributed by atoms with van der Waals surface area (Å²) in [7, 11) is 0. The lowest BCUT2D eigenvalue weighted by atomic mass is 10.2. The standard InChI is InChI=1S/C12H11ClN2O3/c1-7-2-3-8(13)4-10(7)14-6-9-5-11(12(16)17)15-18-9/h2-5,14H,6H2,1H3,(H,16,17). The van der Waals surface area contributed by atoms with Crippen LogP contribution in [0.15, 0.2) is 28.8 Å². The number of carboxylic acid groups (broad SMARTS) is 1. The highest BCUT2D eigenvalue weighted by Gasteiger charge is 2.10. The number of carboxylic acids is 1. The van der Waals surface area contributed by atoms with Gasteiger partial charge in [-0.2, -0.15) is 0 Å². The van der Waals surface area contributed by atoms with Gasteiger partial charge < -0.3 is 14.9 Å². The lowest BCUT2D eigenvalue weighted by molar-refractivity contribution is 0.0685. The maximum atomic E-state index is 10.6. The van der Waals surface area contributed by atoms with Crippen LogP contribution in [-0.2, 0) is 6.54 Å². The van der Waals surface area contributed by atoms with Gasteiger partial charge in [0.1, 0.15) is 0 Å². The first-order chi connectivity index (χ1) is 8.56. The van der Waals surface area contributed by atoms with Crippen molar-refractivity contribution >= 4 is 23.3 Å². The molecule has 0 bridgehead atoms. The summed E-state index contributed by atoms with van der Waals surface area (Å²) in [5, 5.41) is 15.9. The van der Waals surface area contributed by atoms with Gasteiger partial charge in [-0.05, 0) is 24.6 Å². The minimum Gasteiger partial charge on any atom is -0.476 e. The molecule has 0 unspecified atom stereocenters. The van der Waals surface area contributed by atoms with Crippen LogP contribution in [0.1, 0.15) is 21.8 Å². The summed E-state index contributed by atoms with van der Waals surface area (Å²) >= 11 is 5.89. The van der Waals surface area contributed by atoms with Crippen LogP contribution >= 0.6 is 11.6 Å². The summed E-state index contributed by atoms with van der Waals surface area (Å²) in [4.78, 5) is 10.6. The second-order valence-electron chi connectivity index (χ2n) is 3.80. The molecular formula is C12H11ClN2O3. The summed E-state index contributed by atoms with van der Waals surface area (Å²) in [6.45, 7) is 2.29. The van der Waals surface area contributed by atoms with Crippen molar-refractivity contribution in [3.05, 3.63) is 46.3 Å². The number of aryl methyl sites for hydroxylation is 1. The van der Waals surface area contributed by atoms with Crippen molar-refractivity contribution in [1.29, 1.82) is 0 Å². The van der Waals surface area contributed by atoms with E-state index >= 15 is 0 Å². The Balaban J connectivity index is 2.06. The fourth-order valence-electron chi connectivity index (χ4n) is 1.46. The molecule has 0 aliphatic rings. The largest absolute Gasteiger partial charge is 0.476 e. The number of rotatable bonds is 4. The Morgan fingerprint density at radius 2 is 2.28 bits per heavy atom. The van der Waals surface area contributed by atoms with Gasteiger partial charge in [0.15, 0.2) is 11.5 Å². The minimum atomic E-state index is -1.11. The summed E-state index contributed by atoms with van der Waals surface area (Å²) in [5.41, 5.74) is 1.81. The van der Waals surface area contributed by atoms with Gasteiger partial charge in [0.25, 0.3) is 0 Å². The van der Waals surface area contributed by atoms with E-state index in [-0.39, 0.29) is 5.69 Å². The first-order valence-electron chi connectivity index (χ1n) is 5.25. The number of nitrogens with zero attached hydrogens (tertiary/aromatic N) is 1. The number of benzene rings is 1. The molecule has 0 aliphatic carbocycles. The minimum absolute atomic E-state index is 0.102. The molecule has 94 valence electrons. The molecule has 0 saturated heterocycles. The van der Waals surface area contributed by atoms with Gasteiger partial charge >= 0.3 is 5.97 Å². The van der Waals surface area contributed by atoms with Crippen LogP contribution < -0.4 is 5.32 Å². The Morgan fingerprint density at radius 1 is 1.50 bits per heavy atom. The Bertz CT molecular complexity index is 580. The Hall–Kier alpha value is -2.01. The average molecular weight is 267 g/mol. The smallest absolute Gasteiger partial charge is 0.358 e. The van der Waals surface area contributed by atoms with Crippen LogP contribution in [0, 0.1) is 6.92 Å². The predicted molar refractivity (Wildman–Crippen MR) is 67.0 cm³/mol. The average Bonchev–Trinajstić information content (AvgIpc) is 2.79. The zero-order valence-corrected chi connectivity index (χ0v) is 10.4. The number of hydrogen-bond acceptors (Lipinski definition) is 4. The molecule has 5 nitrogen and oxygen atoms in total. The van der Waals surface area contributed by atoms with Crippen molar-refractivity contribution in [3.63, 3.8) is 0 Å². The Morgan fingerprint density at radius 3 is 2.94 bits per heavy atom. The third-order valence-electron chi connectivity index (χ3n) is 2.43. The summed E-state index contributed by atoms with van der Waals surface area (Å²) in [5.74, 6) is -0.657. The molecule has 0 atom stereocenters. The van der Waals surface area contributed by atoms with Crippen molar-refractivity contribution in [1.82, 2.24) is 5.16 Å². The topological polar surface area (TPSA) is 75.4 Å². The lowest BCUT2D eigenvalue weighted by Gasteiger charge is -2.07. The van der Waals surface area contributed by atoms with E-state index in [4.69, 9.17) is 21.2 Å². The fraction of sp³-hybridized carbons (Fsp3) is 0.167. The fourth-order valence-corrected chi connectivity index (χ4v) is 1.64. The van der Waals surface area contributed by atoms with Gasteiger partial charge in [-0.15, -0.1) is 0 Å². The first kappa shape index (κ1) is 12.4. The van der Waals surface area contributed by atoms with Crippen LogP contribution in [0.4, 0.5) is 5.69 Å². The lowest BCUT2D eigenvalue weighted by Crippen LogP contribution is -2.00. The molecule has 0 fully saturated rings. The van der Waals surface area contributed by atoms with Crippen LogP contribution in [0.5, 0.6) is 0 Å². The van der Waals surface area contributed by atoms with E-state index in [0.717, 1.165) is 11.3 Å².